The Hall–Kier alpha value is -3.10. The Morgan fingerprint density at radius 2 is 1.79 bits per heavy atom. The van der Waals surface area contributed by atoms with E-state index in [0.29, 0.717) is 48.5 Å². The lowest BCUT2D eigenvalue weighted by Gasteiger charge is -2.26. The van der Waals surface area contributed by atoms with Crippen LogP contribution < -0.4 is 20.3 Å². The van der Waals surface area contributed by atoms with Gasteiger partial charge in [0, 0.05) is 30.1 Å². The van der Waals surface area contributed by atoms with Gasteiger partial charge >= 0.3 is 0 Å². The van der Waals surface area contributed by atoms with Crippen LogP contribution in [0.3, 0.4) is 0 Å². The van der Waals surface area contributed by atoms with Crippen LogP contribution in [0, 0.1) is 0 Å². The van der Waals surface area contributed by atoms with Crippen LogP contribution in [0.2, 0.25) is 0 Å². The maximum absolute atomic E-state index is 12.9. The molecule has 2 aromatic carbocycles. The predicted molar refractivity (Wildman–Crippen MR) is 135 cm³/mol. The Bertz CT molecular complexity index is 1160. The van der Waals surface area contributed by atoms with E-state index >= 15 is 0 Å². The number of thiocarbonyl (C=S) groups is 1. The van der Waals surface area contributed by atoms with Gasteiger partial charge in [-0.15, -0.1) is 0 Å². The maximum Gasteiger partial charge on any atom is 0.253 e. The largest absolute Gasteiger partial charge is 0.486 e. The van der Waals surface area contributed by atoms with Gasteiger partial charge in [0.2, 0.25) is 0 Å². The van der Waals surface area contributed by atoms with Crippen molar-refractivity contribution < 1.29 is 9.47 Å². The topological polar surface area (TPSA) is 69.8 Å². The van der Waals surface area contributed by atoms with E-state index in [1.54, 1.807) is 0 Å². The quantitative estimate of drug-likeness (QED) is 0.390. The molecule has 0 atom stereocenters. The molecule has 2 heterocycles. The maximum atomic E-state index is 12.9. The van der Waals surface area contributed by atoms with Crippen LogP contribution in [0.1, 0.15) is 17.5 Å². The normalized spacial score (nSPS) is 12.7. The van der Waals surface area contributed by atoms with Crippen molar-refractivity contribution in [3.05, 3.63) is 70.0 Å². The number of hydrogen-bond acceptors (Lipinski definition) is 5. The molecule has 0 fully saturated rings. The van der Waals surface area contributed by atoms with Crippen LogP contribution >= 0.6 is 12.2 Å². The summed E-state index contributed by atoms with van der Waals surface area (Å²) >= 11 is 5.72. The van der Waals surface area contributed by atoms with Gasteiger partial charge in [-0.25, -0.2) is 0 Å². The molecule has 1 aliphatic heterocycles. The molecule has 0 aliphatic carbocycles. The number of fused-ring (bicyclic) bond motifs is 2. The van der Waals surface area contributed by atoms with Crippen molar-refractivity contribution in [2.45, 2.75) is 19.5 Å². The first-order valence-corrected chi connectivity index (χ1v) is 11.6. The SMILES string of the molecule is CN(C)CCCNC(=S)N(Cc1ccccc1)Cc1cc2cc3c(cc2[nH]c1=O)OCCO3. The molecule has 0 saturated carbocycles. The smallest absolute Gasteiger partial charge is 0.253 e. The predicted octanol–water partition coefficient (Wildman–Crippen LogP) is 3.13. The van der Waals surface area contributed by atoms with Gasteiger partial charge in [0.25, 0.3) is 5.56 Å². The second-order valence-corrected chi connectivity index (χ2v) is 8.82. The molecule has 174 valence electrons. The average Bonchev–Trinajstić information content (AvgIpc) is 2.81. The lowest BCUT2D eigenvalue weighted by atomic mass is 10.1. The van der Waals surface area contributed by atoms with E-state index in [1.165, 1.54) is 0 Å². The third kappa shape index (κ3) is 6.03. The van der Waals surface area contributed by atoms with Crippen molar-refractivity contribution in [2.75, 3.05) is 40.4 Å². The Morgan fingerprint density at radius 1 is 1.06 bits per heavy atom. The second kappa shape index (κ2) is 10.7. The number of H-pyrrole nitrogens is 1. The van der Waals surface area contributed by atoms with Gasteiger partial charge in [0.15, 0.2) is 16.6 Å². The van der Waals surface area contributed by atoms with E-state index in [9.17, 15) is 4.79 Å². The Kier molecular flexibility index (Phi) is 7.47. The summed E-state index contributed by atoms with van der Waals surface area (Å²) < 4.78 is 11.4. The van der Waals surface area contributed by atoms with Gasteiger partial charge in [0.05, 0.1) is 12.1 Å². The lowest BCUT2D eigenvalue weighted by molar-refractivity contribution is 0.172. The highest BCUT2D eigenvalue weighted by atomic mass is 32.1. The number of hydrogen-bond donors (Lipinski definition) is 2. The van der Waals surface area contributed by atoms with Crippen molar-refractivity contribution in [3.8, 4) is 11.5 Å². The van der Waals surface area contributed by atoms with Crippen LogP contribution in [-0.2, 0) is 13.1 Å². The number of ether oxygens (including phenoxy) is 2. The second-order valence-electron chi connectivity index (χ2n) is 8.44. The van der Waals surface area contributed by atoms with E-state index in [4.69, 9.17) is 21.7 Å². The zero-order chi connectivity index (χ0) is 23.2. The number of pyridine rings is 1. The molecule has 1 aliphatic rings. The van der Waals surface area contributed by atoms with Gasteiger partial charge in [-0.1, -0.05) is 30.3 Å². The summed E-state index contributed by atoms with van der Waals surface area (Å²) in [5, 5.41) is 4.90. The summed E-state index contributed by atoms with van der Waals surface area (Å²) in [6.45, 7) is 3.79. The molecule has 0 amide bonds. The summed E-state index contributed by atoms with van der Waals surface area (Å²) in [5.74, 6) is 1.36. The molecule has 33 heavy (non-hydrogen) atoms. The highest BCUT2D eigenvalue weighted by Crippen LogP contribution is 2.33. The number of rotatable bonds is 8. The Morgan fingerprint density at radius 3 is 2.52 bits per heavy atom. The minimum atomic E-state index is -0.132. The van der Waals surface area contributed by atoms with E-state index < -0.39 is 0 Å². The Balaban J connectivity index is 1.56. The van der Waals surface area contributed by atoms with Gasteiger partial charge in [0.1, 0.15) is 13.2 Å². The highest BCUT2D eigenvalue weighted by molar-refractivity contribution is 7.80. The Labute approximate surface area is 199 Å². The highest BCUT2D eigenvalue weighted by Gasteiger charge is 2.17. The van der Waals surface area contributed by atoms with E-state index in [-0.39, 0.29) is 5.56 Å². The van der Waals surface area contributed by atoms with Crippen molar-refractivity contribution in [3.63, 3.8) is 0 Å². The molecule has 2 N–H and O–H groups in total. The molecule has 0 radical (unpaired) electrons. The summed E-state index contributed by atoms with van der Waals surface area (Å²) in [6, 6.07) is 15.8. The number of aromatic amines is 1. The van der Waals surface area contributed by atoms with Crippen molar-refractivity contribution in [2.24, 2.45) is 0 Å². The van der Waals surface area contributed by atoms with Crippen LogP contribution in [0.4, 0.5) is 0 Å². The van der Waals surface area contributed by atoms with E-state index in [1.807, 2.05) is 41.3 Å². The summed E-state index contributed by atoms with van der Waals surface area (Å²) in [4.78, 5) is 20.1. The molecule has 0 spiro atoms. The molecule has 0 saturated heterocycles. The molecule has 7 nitrogen and oxygen atoms in total. The van der Waals surface area contributed by atoms with Crippen molar-refractivity contribution in [1.82, 2.24) is 20.1 Å². The third-order valence-corrected chi connectivity index (χ3v) is 5.91. The standard InChI is InChI=1S/C25H30N4O3S/c1-28(2)10-6-9-26-25(33)29(16-18-7-4-3-5-8-18)17-20-13-19-14-22-23(32-12-11-31-22)15-21(19)27-24(20)30/h3-5,7-8,13-15H,6,9-12,16-17H2,1-2H3,(H,26,33)(H,27,30). The molecule has 4 rings (SSSR count). The van der Waals surface area contributed by atoms with Crippen LogP contribution in [0.15, 0.2) is 53.3 Å². The molecular formula is C25H30N4O3S. The first-order chi connectivity index (χ1) is 16.0. The van der Waals surface area contributed by atoms with Crippen LogP contribution in [-0.4, -0.2) is 60.3 Å². The first kappa shape index (κ1) is 23.1. The third-order valence-electron chi connectivity index (χ3n) is 5.51. The number of benzene rings is 2. The fourth-order valence-electron chi connectivity index (χ4n) is 3.82. The number of nitrogens with zero attached hydrogens (tertiary/aromatic N) is 2. The minimum absolute atomic E-state index is 0.132. The van der Waals surface area contributed by atoms with Crippen LogP contribution in [0.25, 0.3) is 10.9 Å². The number of nitrogens with one attached hydrogen (secondary N) is 2. The van der Waals surface area contributed by atoms with E-state index in [2.05, 4.69) is 41.4 Å². The molecule has 3 aromatic rings. The average molecular weight is 467 g/mol. The first-order valence-electron chi connectivity index (χ1n) is 11.2. The lowest BCUT2D eigenvalue weighted by Crippen LogP contribution is -2.40. The molecule has 1 aromatic heterocycles. The van der Waals surface area contributed by atoms with Gasteiger partial charge < -0.3 is 29.6 Å². The summed E-state index contributed by atoms with van der Waals surface area (Å²) in [7, 11) is 4.11. The van der Waals surface area contributed by atoms with Crippen LogP contribution in [0.5, 0.6) is 11.5 Å². The molecule has 0 bridgehead atoms. The fraction of sp³-hybridized carbons (Fsp3) is 0.360. The molecular weight excluding hydrogens is 436 g/mol. The van der Waals surface area contributed by atoms with E-state index in [0.717, 1.165) is 36.0 Å². The molecule has 8 heteroatoms. The minimum Gasteiger partial charge on any atom is -0.486 e. The summed E-state index contributed by atoms with van der Waals surface area (Å²) in [5.41, 5.74) is 2.37. The monoisotopic (exact) mass is 466 g/mol. The molecule has 0 unspecified atom stereocenters. The number of aromatic nitrogens is 1. The van der Waals surface area contributed by atoms with Gasteiger partial charge in [-0.3, -0.25) is 4.79 Å². The van der Waals surface area contributed by atoms with Crippen molar-refractivity contribution in [1.29, 1.82) is 0 Å². The van der Waals surface area contributed by atoms with Gasteiger partial charge in [-0.05, 0) is 57.0 Å². The van der Waals surface area contributed by atoms with Crippen molar-refractivity contribution >= 4 is 28.2 Å². The zero-order valence-corrected chi connectivity index (χ0v) is 19.9. The van der Waals surface area contributed by atoms with Gasteiger partial charge in [-0.2, -0.15) is 0 Å². The zero-order valence-electron chi connectivity index (χ0n) is 19.1. The summed E-state index contributed by atoms with van der Waals surface area (Å²) in [6.07, 6.45) is 0.982. The fourth-order valence-corrected chi connectivity index (χ4v) is 4.05.